The molecule has 31 heavy (non-hydrogen) atoms. The highest BCUT2D eigenvalue weighted by Gasteiger charge is 2.14. The number of likely N-dealkylation sites (tertiary alicyclic amines) is 1. The van der Waals surface area contributed by atoms with Gasteiger partial charge in [0.25, 0.3) is 0 Å². The van der Waals surface area contributed by atoms with Crippen molar-refractivity contribution >= 4 is 38.3 Å². The molecule has 0 amide bonds. The summed E-state index contributed by atoms with van der Waals surface area (Å²) in [6.07, 6.45) is 6.19. The molecule has 0 bridgehead atoms. The van der Waals surface area contributed by atoms with Crippen molar-refractivity contribution in [2.24, 2.45) is 0 Å². The van der Waals surface area contributed by atoms with Crippen molar-refractivity contribution in [1.82, 2.24) is 14.9 Å². The minimum atomic E-state index is -0.373. The molecule has 0 spiro atoms. The molecule has 1 aliphatic rings. The number of hydrogen-bond donors (Lipinski definition) is 1. The summed E-state index contributed by atoms with van der Waals surface area (Å²) in [5.41, 5.74) is 1.03. The van der Waals surface area contributed by atoms with Crippen LogP contribution in [-0.2, 0) is 0 Å². The van der Waals surface area contributed by atoms with Gasteiger partial charge in [0.2, 0.25) is 0 Å². The van der Waals surface area contributed by atoms with Crippen LogP contribution in [0, 0.1) is 5.82 Å². The number of ether oxygens (including phenoxy) is 2. The molecule has 164 valence electrons. The molecule has 1 aliphatic heterocycles. The average molecular weight is 489 g/mol. The maximum Gasteiger partial charge on any atom is 0.163 e. The first-order chi connectivity index (χ1) is 15.1. The molecule has 3 aromatic rings. The first-order valence-electron chi connectivity index (χ1n) is 10.5. The SMILES string of the molecule is COc1cc2c(Nc3ccc(Br)cc3F)ncnc2cc1OCCCCN1CCCC1. The van der Waals surface area contributed by atoms with E-state index in [0.29, 0.717) is 39.6 Å². The summed E-state index contributed by atoms with van der Waals surface area (Å²) in [5.74, 6) is 1.38. The summed E-state index contributed by atoms with van der Waals surface area (Å²) in [6.45, 7) is 4.20. The number of fused-ring (bicyclic) bond motifs is 1. The molecule has 2 heterocycles. The molecular formula is C23H26BrFN4O2. The van der Waals surface area contributed by atoms with E-state index in [1.807, 2.05) is 12.1 Å². The molecule has 2 aromatic carbocycles. The summed E-state index contributed by atoms with van der Waals surface area (Å²) < 4.78 is 26.5. The van der Waals surface area contributed by atoms with Crippen LogP contribution in [0.3, 0.4) is 0 Å². The highest BCUT2D eigenvalue weighted by Crippen LogP contribution is 2.35. The molecule has 6 nitrogen and oxygen atoms in total. The Morgan fingerprint density at radius 3 is 2.71 bits per heavy atom. The number of benzene rings is 2. The van der Waals surface area contributed by atoms with Gasteiger partial charge < -0.3 is 19.7 Å². The second-order valence-electron chi connectivity index (χ2n) is 7.60. The fourth-order valence-electron chi connectivity index (χ4n) is 3.78. The Morgan fingerprint density at radius 1 is 1.10 bits per heavy atom. The van der Waals surface area contributed by atoms with Crippen LogP contribution in [-0.4, -0.2) is 48.2 Å². The lowest BCUT2D eigenvalue weighted by atomic mass is 10.2. The number of aromatic nitrogens is 2. The molecule has 0 atom stereocenters. The number of nitrogens with one attached hydrogen (secondary N) is 1. The van der Waals surface area contributed by atoms with Crippen LogP contribution in [0.15, 0.2) is 41.1 Å². The fourth-order valence-corrected chi connectivity index (χ4v) is 4.11. The second-order valence-corrected chi connectivity index (χ2v) is 8.51. The highest BCUT2D eigenvalue weighted by molar-refractivity contribution is 9.10. The van der Waals surface area contributed by atoms with Gasteiger partial charge in [-0.15, -0.1) is 0 Å². The monoisotopic (exact) mass is 488 g/mol. The molecule has 1 saturated heterocycles. The molecule has 0 unspecified atom stereocenters. The topological polar surface area (TPSA) is 59.5 Å². The quantitative estimate of drug-likeness (QED) is 0.399. The summed E-state index contributed by atoms with van der Waals surface area (Å²) in [4.78, 5) is 11.2. The van der Waals surface area contributed by atoms with E-state index in [-0.39, 0.29) is 5.82 Å². The van der Waals surface area contributed by atoms with Gasteiger partial charge in [0, 0.05) is 15.9 Å². The maximum atomic E-state index is 14.3. The predicted octanol–water partition coefficient (Wildman–Crippen LogP) is 5.54. The van der Waals surface area contributed by atoms with E-state index >= 15 is 0 Å². The minimum Gasteiger partial charge on any atom is -0.493 e. The lowest BCUT2D eigenvalue weighted by Gasteiger charge is -2.15. The number of methoxy groups -OCH3 is 1. The largest absolute Gasteiger partial charge is 0.493 e. The smallest absolute Gasteiger partial charge is 0.163 e. The second kappa shape index (κ2) is 10.2. The Bertz CT molecular complexity index is 1040. The van der Waals surface area contributed by atoms with E-state index < -0.39 is 0 Å². The zero-order chi connectivity index (χ0) is 21.6. The molecule has 1 fully saturated rings. The summed E-state index contributed by atoms with van der Waals surface area (Å²) in [5, 5.41) is 3.78. The van der Waals surface area contributed by atoms with Gasteiger partial charge in [0.15, 0.2) is 11.5 Å². The van der Waals surface area contributed by atoms with Crippen molar-refractivity contribution in [2.75, 3.05) is 38.7 Å². The Balaban J connectivity index is 1.47. The molecule has 8 heteroatoms. The first kappa shape index (κ1) is 21.8. The zero-order valence-corrected chi connectivity index (χ0v) is 19.1. The highest BCUT2D eigenvalue weighted by atomic mass is 79.9. The lowest BCUT2D eigenvalue weighted by Crippen LogP contribution is -2.20. The maximum absolute atomic E-state index is 14.3. The van der Waals surface area contributed by atoms with Gasteiger partial charge in [0.05, 0.1) is 24.9 Å². The van der Waals surface area contributed by atoms with Crippen LogP contribution in [0.4, 0.5) is 15.9 Å². The molecule has 4 rings (SSSR count). The van der Waals surface area contributed by atoms with Crippen LogP contribution >= 0.6 is 15.9 Å². The average Bonchev–Trinajstić information content (AvgIpc) is 3.28. The van der Waals surface area contributed by atoms with Gasteiger partial charge in [-0.3, -0.25) is 0 Å². The van der Waals surface area contributed by atoms with Gasteiger partial charge in [0.1, 0.15) is 18.0 Å². The van der Waals surface area contributed by atoms with Gasteiger partial charge in [-0.25, -0.2) is 14.4 Å². The van der Waals surface area contributed by atoms with Crippen molar-refractivity contribution in [3.05, 3.63) is 46.9 Å². The van der Waals surface area contributed by atoms with E-state index in [2.05, 4.69) is 36.1 Å². The van der Waals surface area contributed by atoms with E-state index in [4.69, 9.17) is 9.47 Å². The third-order valence-electron chi connectivity index (χ3n) is 5.43. The number of rotatable bonds is 9. The van der Waals surface area contributed by atoms with Crippen molar-refractivity contribution < 1.29 is 13.9 Å². The number of halogens is 2. The van der Waals surface area contributed by atoms with Gasteiger partial charge in [-0.2, -0.15) is 0 Å². The Labute approximate surface area is 189 Å². The molecule has 1 aromatic heterocycles. The van der Waals surface area contributed by atoms with Crippen LogP contribution < -0.4 is 14.8 Å². The molecule has 0 aliphatic carbocycles. The van der Waals surface area contributed by atoms with E-state index in [1.54, 1.807) is 19.2 Å². The summed E-state index contributed by atoms with van der Waals surface area (Å²) in [7, 11) is 1.60. The van der Waals surface area contributed by atoms with Gasteiger partial charge >= 0.3 is 0 Å². The normalized spacial score (nSPS) is 14.2. The minimum absolute atomic E-state index is 0.334. The van der Waals surface area contributed by atoms with Gasteiger partial charge in [-0.1, -0.05) is 15.9 Å². The fraction of sp³-hybridized carbons (Fsp3) is 0.391. The van der Waals surface area contributed by atoms with E-state index in [9.17, 15) is 4.39 Å². The van der Waals surface area contributed by atoms with Crippen LogP contribution in [0.5, 0.6) is 11.5 Å². The third-order valence-corrected chi connectivity index (χ3v) is 5.92. The molecule has 0 radical (unpaired) electrons. The Morgan fingerprint density at radius 2 is 1.94 bits per heavy atom. The Kier molecular flexibility index (Phi) is 7.19. The summed E-state index contributed by atoms with van der Waals surface area (Å²) >= 11 is 3.27. The Hall–Kier alpha value is -2.45. The number of nitrogens with zero attached hydrogens (tertiary/aromatic N) is 3. The number of hydrogen-bond acceptors (Lipinski definition) is 6. The number of anilines is 2. The van der Waals surface area contributed by atoms with Crippen LogP contribution in [0.2, 0.25) is 0 Å². The number of unbranched alkanes of at least 4 members (excludes halogenated alkanes) is 1. The van der Waals surface area contributed by atoms with Crippen molar-refractivity contribution in [3.8, 4) is 11.5 Å². The third kappa shape index (κ3) is 5.43. The van der Waals surface area contributed by atoms with Crippen LogP contribution in [0.25, 0.3) is 10.9 Å². The van der Waals surface area contributed by atoms with Crippen molar-refractivity contribution in [2.45, 2.75) is 25.7 Å². The van der Waals surface area contributed by atoms with E-state index in [1.165, 1.54) is 38.3 Å². The van der Waals surface area contributed by atoms with E-state index in [0.717, 1.165) is 24.8 Å². The molecular weight excluding hydrogens is 463 g/mol. The lowest BCUT2D eigenvalue weighted by molar-refractivity contribution is 0.269. The molecule has 0 saturated carbocycles. The molecule has 1 N–H and O–H groups in total. The zero-order valence-electron chi connectivity index (χ0n) is 17.5. The van der Waals surface area contributed by atoms with Crippen LogP contribution in [0.1, 0.15) is 25.7 Å². The first-order valence-corrected chi connectivity index (χ1v) is 11.3. The van der Waals surface area contributed by atoms with Gasteiger partial charge in [-0.05, 0) is 69.6 Å². The summed E-state index contributed by atoms with van der Waals surface area (Å²) in [6, 6.07) is 8.50. The van der Waals surface area contributed by atoms with Crippen molar-refractivity contribution in [1.29, 1.82) is 0 Å². The predicted molar refractivity (Wildman–Crippen MR) is 124 cm³/mol. The van der Waals surface area contributed by atoms with Crippen molar-refractivity contribution in [3.63, 3.8) is 0 Å². The standard InChI is InChI=1S/C23H26BrFN4O2/c1-30-21-13-17-20(14-22(21)31-11-5-4-10-29-8-2-3-9-29)26-15-27-23(17)28-19-7-6-16(24)12-18(19)25/h6-7,12-15H,2-5,8-11H2,1H3,(H,26,27,28).